The highest BCUT2D eigenvalue weighted by molar-refractivity contribution is 6.86. The molecule has 12 heavy (non-hydrogen) atoms. The number of carbonyl (C=O) groups excluding carboxylic acids is 1. The molecular weight excluding hydrogens is 184 g/mol. The Morgan fingerprint density at radius 2 is 1.58 bits per heavy atom. The molecule has 0 saturated carbocycles. The second-order valence-corrected chi connectivity index (χ2v) is 13.9. The molecule has 1 atom stereocenters. The van der Waals surface area contributed by atoms with Gasteiger partial charge in [-0.15, -0.1) is 0 Å². The molecule has 4 heteroatoms. The first-order valence-electron chi connectivity index (χ1n) is 4.34. The van der Waals surface area contributed by atoms with Crippen LogP contribution in [0.1, 0.15) is 6.92 Å². The lowest BCUT2D eigenvalue weighted by Gasteiger charge is -2.33. The standard InChI is InChI=1S/C8H20O2Si2/c1-8(7-9)12(5,6)10-11(2,3)4/h7-8H,1-6H3. The van der Waals surface area contributed by atoms with Crippen LogP contribution < -0.4 is 0 Å². The zero-order valence-corrected chi connectivity index (χ0v) is 11.0. The van der Waals surface area contributed by atoms with Crippen LogP contribution in [0.25, 0.3) is 0 Å². The first-order chi connectivity index (χ1) is 5.19. The Bertz CT molecular complexity index is 161. The fourth-order valence-electron chi connectivity index (χ4n) is 1.05. The van der Waals surface area contributed by atoms with Gasteiger partial charge in [0.25, 0.3) is 0 Å². The van der Waals surface area contributed by atoms with E-state index in [2.05, 4.69) is 32.7 Å². The van der Waals surface area contributed by atoms with Crippen molar-refractivity contribution in [1.29, 1.82) is 0 Å². The zero-order valence-electron chi connectivity index (χ0n) is 8.97. The van der Waals surface area contributed by atoms with Crippen molar-refractivity contribution in [2.75, 3.05) is 0 Å². The van der Waals surface area contributed by atoms with Crippen molar-refractivity contribution in [3.63, 3.8) is 0 Å². The van der Waals surface area contributed by atoms with E-state index in [-0.39, 0.29) is 5.54 Å². The maximum Gasteiger partial charge on any atom is 0.183 e. The van der Waals surface area contributed by atoms with Gasteiger partial charge in [0.15, 0.2) is 16.6 Å². The van der Waals surface area contributed by atoms with Gasteiger partial charge in [-0.25, -0.2) is 0 Å². The van der Waals surface area contributed by atoms with E-state index in [1.165, 1.54) is 0 Å². The van der Waals surface area contributed by atoms with Gasteiger partial charge in [0.1, 0.15) is 6.29 Å². The topological polar surface area (TPSA) is 26.3 Å². The molecule has 0 heterocycles. The summed E-state index contributed by atoms with van der Waals surface area (Å²) in [4.78, 5) is 10.6. The van der Waals surface area contributed by atoms with Gasteiger partial charge in [0.05, 0.1) is 0 Å². The van der Waals surface area contributed by atoms with Crippen LogP contribution in [0.5, 0.6) is 0 Å². The van der Waals surface area contributed by atoms with Gasteiger partial charge in [-0.1, -0.05) is 6.92 Å². The summed E-state index contributed by atoms with van der Waals surface area (Å²) in [6.07, 6.45) is 1.02. The lowest BCUT2D eigenvalue weighted by atomic mass is 10.5. The third-order valence-corrected chi connectivity index (χ3v) is 8.75. The van der Waals surface area contributed by atoms with Crippen molar-refractivity contribution in [3.8, 4) is 0 Å². The molecule has 0 aromatic heterocycles. The predicted octanol–water partition coefficient (Wildman–Crippen LogP) is 2.63. The fourth-order valence-corrected chi connectivity index (χ4v) is 8.43. The smallest absolute Gasteiger partial charge is 0.183 e. The molecule has 0 amide bonds. The average Bonchev–Trinajstić information content (AvgIpc) is 1.80. The van der Waals surface area contributed by atoms with E-state index in [4.69, 9.17) is 4.12 Å². The van der Waals surface area contributed by atoms with Crippen molar-refractivity contribution in [2.45, 2.75) is 45.2 Å². The second-order valence-electron chi connectivity index (χ2n) is 4.74. The van der Waals surface area contributed by atoms with Crippen molar-refractivity contribution in [2.24, 2.45) is 0 Å². The molecule has 0 aliphatic rings. The normalized spacial score (nSPS) is 15.8. The summed E-state index contributed by atoms with van der Waals surface area (Å²) in [5.74, 6) is 0. The van der Waals surface area contributed by atoms with Gasteiger partial charge in [-0.2, -0.15) is 0 Å². The van der Waals surface area contributed by atoms with Crippen molar-refractivity contribution >= 4 is 22.9 Å². The molecule has 0 radical (unpaired) electrons. The molecule has 0 fully saturated rings. The Morgan fingerprint density at radius 1 is 1.17 bits per heavy atom. The van der Waals surface area contributed by atoms with E-state index >= 15 is 0 Å². The first kappa shape index (κ1) is 12.1. The van der Waals surface area contributed by atoms with Crippen LogP contribution in [-0.4, -0.2) is 22.9 Å². The van der Waals surface area contributed by atoms with E-state index in [1.807, 2.05) is 6.92 Å². The molecule has 0 aromatic carbocycles. The summed E-state index contributed by atoms with van der Waals surface area (Å²) in [5, 5.41) is 0. The van der Waals surface area contributed by atoms with Gasteiger partial charge in [-0.05, 0) is 32.7 Å². The van der Waals surface area contributed by atoms with Crippen LogP contribution in [-0.2, 0) is 8.91 Å². The van der Waals surface area contributed by atoms with E-state index in [0.717, 1.165) is 6.29 Å². The largest absolute Gasteiger partial charge is 0.455 e. The lowest BCUT2D eigenvalue weighted by Crippen LogP contribution is -2.45. The summed E-state index contributed by atoms with van der Waals surface area (Å²) in [6, 6.07) is 0. The lowest BCUT2D eigenvalue weighted by molar-refractivity contribution is -0.107. The van der Waals surface area contributed by atoms with E-state index in [9.17, 15) is 4.79 Å². The molecular formula is C8H20O2Si2. The minimum absolute atomic E-state index is 0.101. The fraction of sp³-hybridized carbons (Fsp3) is 0.875. The van der Waals surface area contributed by atoms with Crippen LogP contribution >= 0.6 is 0 Å². The van der Waals surface area contributed by atoms with Crippen LogP contribution in [0.3, 0.4) is 0 Å². The molecule has 0 aromatic rings. The maximum atomic E-state index is 10.6. The highest BCUT2D eigenvalue weighted by Gasteiger charge is 2.34. The Morgan fingerprint density at radius 3 is 1.83 bits per heavy atom. The molecule has 0 bridgehead atoms. The Kier molecular flexibility index (Phi) is 3.87. The van der Waals surface area contributed by atoms with Crippen molar-refractivity contribution in [3.05, 3.63) is 0 Å². The third-order valence-electron chi connectivity index (χ3n) is 1.87. The quantitative estimate of drug-likeness (QED) is 0.520. The Labute approximate surface area is 77.6 Å². The number of hydrogen-bond acceptors (Lipinski definition) is 2. The van der Waals surface area contributed by atoms with E-state index in [1.54, 1.807) is 0 Å². The van der Waals surface area contributed by atoms with Gasteiger partial charge >= 0.3 is 0 Å². The number of hydrogen-bond donors (Lipinski definition) is 0. The monoisotopic (exact) mass is 204 g/mol. The summed E-state index contributed by atoms with van der Waals surface area (Å²) in [7, 11) is -3.22. The second kappa shape index (κ2) is 3.85. The van der Waals surface area contributed by atoms with E-state index < -0.39 is 16.6 Å². The molecule has 72 valence electrons. The predicted molar refractivity (Wildman–Crippen MR) is 57.4 cm³/mol. The molecule has 0 spiro atoms. The molecule has 0 aliphatic carbocycles. The van der Waals surface area contributed by atoms with Crippen LogP contribution in [0.4, 0.5) is 0 Å². The van der Waals surface area contributed by atoms with Gasteiger partial charge < -0.3 is 8.91 Å². The van der Waals surface area contributed by atoms with Crippen LogP contribution in [0.2, 0.25) is 38.3 Å². The first-order valence-corrected chi connectivity index (χ1v) is 10.7. The number of rotatable bonds is 4. The summed E-state index contributed by atoms with van der Waals surface area (Å²) in [6.45, 7) is 12.7. The molecule has 0 rings (SSSR count). The summed E-state index contributed by atoms with van der Waals surface area (Å²) in [5.41, 5.74) is 0.101. The SMILES string of the molecule is CC(C=O)[Si](C)(C)O[Si](C)(C)C. The van der Waals surface area contributed by atoms with Crippen LogP contribution in [0, 0.1) is 0 Å². The minimum atomic E-state index is -1.75. The Hall–Kier alpha value is 0.0638. The van der Waals surface area contributed by atoms with Crippen molar-refractivity contribution < 1.29 is 8.91 Å². The van der Waals surface area contributed by atoms with Crippen LogP contribution in [0.15, 0.2) is 0 Å². The van der Waals surface area contributed by atoms with Crippen molar-refractivity contribution in [1.82, 2.24) is 0 Å². The molecule has 0 saturated heterocycles. The van der Waals surface area contributed by atoms with Gasteiger partial charge in [-0.3, -0.25) is 0 Å². The highest BCUT2D eigenvalue weighted by Crippen LogP contribution is 2.24. The van der Waals surface area contributed by atoms with Gasteiger partial charge in [0, 0.05) is 5.54 Å². The molecule has 1 unspecified atom stereocenters. The average molecular weight is 204 g/mol. The highest BCUT2D eigenvalue weighted by atomic mass is 28.4. The number of aldehydes is 1. The molecule has 2 nitrogen and oxygen atoms in total. The molecule has 0 aliphatic heterocycles. The summed E-state index contributed by atoms with van der Waals surface area (Å²) < 4.78 is 6.02. The minimum Gasteiger partial charge on any atom is -0.455 e. The molecule has 0 N–H and O–H groups in total. The van der Waals surface area contributed by atoms with Gasteiger partial charge in [0.2, 0.25) is 0 Å². The summed E-state index contributed by atoms with van der Waals surface area (Å²) >= 11 is 0. The number of carbonyl (C=O) groups is 1. The van der Waals surface area contributed by atoms with E-state index in [0.29, 0.717) is 0 Å². The maximum absolute atomic E-state index is 10.6. The Balaban J connectivity index is 4.31. The third kappa shape index (κ3) is 4.18. The zero-order chi connectivity index (χ0) is 9.99.